The second-order valence-corrected chi connectivity index (χ2v) is 4.17. The smallest absolute Gasteiger partial charge is 0.207 e. The molecule has 0 aliphatic carbocycles. The summed E-state index contributed by atoms with van der Waals surface area (Å²) >= 11 is 0. The zero-order valence-electron chi connectivity index (χ0n) is 10.1. The van der Waals surface area contributed by atoms with Gasteiger partial charge in [-0.05, 0) is 31.2 Å². The molecule has 0 aliphatic heterocycles. The standard InChI is InChI=1S/C13H10F2N4/c1-7-5-6-9-12(17-7)19(13(16)18-9)10-4-2-3-8(14)11(10)15/h2-6H,1H3,(H2,16,18). The van der Waals surface area contributed by atoms with Gasteiger partial charge in [0.25, 0.3) is 0 Å². The third-order valence-electron chi connectivity index (χ3n) is 2.84. The van der Waals surface area contributed by atoms with E-state index in [2.05, 4.69) is 9.97 Å². The van der Waals surface area contributed by atoms with Crippen molar-refractivity contribution < 1.29 is 8.78 Å². The molecular formula is C13H10F2N4. The minimum absolute atomic E-state index is 0.00176. The Morgan fingerprint density at radius 3 is 2.68 bits per heavy atom. The predicted molar refractivity (Wildman–Crippen MR) is 67.9 cm³/mol. The molecule has 0 bridgehead atoms. The van der Waals surface area contributed by atoms with Crippen LogP contribution in [0.25, 0.3) is 16.9 Å². The molecule has 0 unspecified atom stereocenters. The van der Waals surface area contributed by atoms with Crippen LogP contribution in [0.1, 0.15) is 5.69 Å². The molecule has 0 saturated heterocycles. The van der Waals surface area contributed by atoms with Crippen LogP contribution in [0.2, 0.25) is 0 Å². The van der Waals surface area contributed by atoms with Gasteiger partial charge in [0.2, 0.25) is 5.95 Å². The Balaban J connectivity index is 2.39. The number of aromatic nitrogens is 3. The number of anilines is 1. The van der Waals surface area contributed by atoms with Crippen molar-refractivity contribution in [2.24, 2.45) is 0 Å². The molecule has 0 fully saturated rings. The van der Waals surface area contributed by atoms with Gasteiger partial charge in [-0.2, -0.15) is 0 Å². The average Bonchev–Trinajstić information content (AvgIpc) is 2.69. The van der Waals surface area contributed by atoms with Crippen molar-refractivity contribution in [1.29, 1.82) is 0 Å². The number of rotatable bonds is 1. The minimum Gasteiger partial charge on any atom is -0.369 e. The maximum absolute atomic E-state index is 13.9. The fourth-order valence-corrected chi connectivity index (χ4v) is 1.97. The van der Waals surface area contributed by atoms with Gasteiger partial charge in [0.05, 0.1) is 5.69 Å². The average molecular weight is 260 g/mol. The summed E-state index contributed by atoms with van der Waals surface area (Å²) in [4.78, 5) is 8.37. The van der Waals surface area contributed by atoms with Crippen LogP contribution in [0.3, 0.4) is 0 Å². The number of nitrogen functional groups attached to an aromatic ring is 1. The van der Waals surface area contributed by atoms with Crippen molar-refractivity contribution >= 4 is 17.1 Å². The summed E-state index contributed by atoms with van der Waals surface area (Å²) in [7, 11) is 0. The zero-order chi connectivity index (χ0) is 13.6. The Labute approximate surface area is 107 Å². The third-order valence-corrected chi connectivity index (χ3v) is 2.84. The molecule has 19 heavy (non-hydrogen) atoms. The first-order chi connectivity index (χ1) is 9.08. The summed E-state index contributed by atoms with van der Waals surface area (Å²) in [5, 5.41) is 0. The summed E-state index contributed by atoms with van der Waals surface area (Å²) in [6.45, 7) is 1.80. The van der Waals surface area contributed by atoms with E-state index in [-0.39, 0.29) is 11.6 Å². The molecule has 0 saturated carbocycles. The van der Waals surface area contributed by atoms with E-state index in [0.717, 1.165) is 11.8 Å². The van der Waals surface area contributed by atoms with Crippen molar-refractivity contribution in [2.45, 2.75) is 6.92 Å². The first-order valence-electron chi connectivity index (χ1n) is 5.64. The third kappa shape index (κ3) is 1.72. The van der Waals surface area contributed by atoms with Crippen LogP contribution in [0, 0.1) is 18.6 Å². The van der Waals surface area contributed by atoms with Gasteiger partial charge in [-0.15, -0.1) is 0 Å². The molecule has 2 heterocycles. The Morgan fingerprint density at radius 2 is 1.89 bits per heavy atom. The van der Waals surface area contributed by atoms with Crippen molar-refractivity contribution in [3.63, 3.8) is 0 Å². The largest absolute Gasteiger partial charge is 0.369 e. The number of hydrogen-bond donors (Lipinski definition) is 1. The van der Waals surface area contributed by atoms with Crippen LogP contribution in [0.4, 0.5) is 14.7 Å². The predicted octanol–water partition coefficient (Wildman–Crippen LogP) is 2.59. The Morgan fingerprint density at radius 1 is 1.11 bits per heavy atom. The van der Waals surface area contributed by atoms with Crippen molar-refractivity contribution in [3.05, 3.63) is 47.7 Å². The number of halogens is 2. The maximum atomic E-state index is 13.9. The number of benzene rings is 1. The Bertz CT molecular complexity index is 780. The van der Waals surface area contributed by atoms with Gasteiger partial charge < -0.3 is 5.73 Å². The van der Waals surface area contributed by atoms with Gasteiger partial charge in [0.15, 0.2) is 17.3 Å². The van der Waals surface area contributed by atoms with Gasteiger partial charge in [-0.1, -0.05) is 6.07 Å². The summed E-state index contributed by atoms with van der Waals surface area (Å²) in [5.41, 5.74) is 7.46. The molecular weight excluding hydrogens is 250 g/mol. The number of fused-ring (bicyclic) bond motifs is 1. The molecule has 1 aromatic carbocycles. The second kappa shape index (κ2) is 4.01. The van der Waals surface area contributed by atoms with E-state index in [4.69, 9.17) is 5.73 Å². The van der Waals surface area contributed by atoms with Crippen molar-refractivity contribution in [3.8, 4) is 5.69 Å². The van der Waals surface area contributed by atoms with E-state index < -0.39 is 11.6 Å². The first-order valence-corrected chi connectivity index (χ1v) is 5.64. The van der Waals surface area contributed by atoms with Crippen LogP contribution >= 0.6 is 0 Å². The highest BCUT2D eigenvalue weighted by Crippen LogP contribution is 2.24. The van der Waals surface area contributed by atoms with E-state index in [1.54, 1.807) is 19.1 Å². The van der Waals surface area contributed by atoms with E-state index in [9.17, 15) is 8.78 Å². The van der Waals surface area contributed by atoms with E-state index in [0.29, 0.717) is 11.2 Å². The van der Waals surface area contributed by atoms with Gasteiger partial charge >= 0.3 is 0 Å². The topological polar surface area (TPSA) is 56.7 Å². The number of nitrogens with two attached hydrogens (primary N) is 1. The number of imidazole rings is 1. The van der Waals surface area contributed by atoms with Gasteiger partial charge in [-0.25, -0.2) is 18.7 Å². The van der Waals surface area contributed by atoms with E-state index in [1.165, 1.54) is 16.7 Å². The van der Waals surface area contributed by atoms with Gasteiger partial charge in [0, 0.05) is 5.69 Å². The lowest BCUT2D eigenvalue weighted by atomic mass is 10.3. The highest BCUT2D eigenvalue weighted by Gasteiger charge is 2.16. The highest BCUT2D eigenvalue weighted by atomic mass is 19.2. The van der Waals surface area contributed by atoms with Crippen LogP contribution in [-0.4, -0.2) is 14.5 Å². The molecule has 0 aliphatic rings. The molecule has 0 radical (unpaired) electrons. The molecule has 2 N–H and O–H groups in total. The van der Waals surface area contributed by atoms with Crippen LogP contribution in [-0.2, 0) is 0 Å². The van der Waals surface area contributed by atoms with Crippen LogP contribution in [0.15, 0.2) is 30.3 Å². The fraction of sp³-hybridized carbons (Fsp3) is 0.0769. The van der Waals surface area contributed by atoms with E-state index in [1.807, 2.05) is 0 Å². The summed E-state index contributed by atoms with van der Waals surface area (Å²) in [6, 6.07) is 7.41. The normalized spacial score (nSPS) is 11.1. The molecule has 3 aromatic rings. The summed E-state index contributed by atoms with van der Waals surface area (Å²) in [6.07, 6.45) is 0. The Hall–Kier alpha value is -2.50. The number of pyridine rings is 1. The lowest BCUT2D eigenvalue weighted by Crippen LogP contribution is -2.05. The molecule has 6 heteroatoms. The maximum Gasteiger partial charge on any atom is 0.207 e. The molecule has 0 atom stereocenters. The molecule has 3 rings (SSSR count). The number of aryl methyl sites for hydroxylation is 1. The van der Waals surface area contributed by atoms with Crippen LogP contribution < -0.4 is 5.73 Å². The lowest BCUT2D eigenvalue weighted by molar-refractivity contribution is 0.505. The van der Waals surface area contributed by atoms with Crippen molar-refractivity contribution in [2.75, 3.05) is 5.73 Å². The quantitative estimate of drug-likeness (QED) is 0.731. The van der Waals surface area contributed by atoms with Gasteiger partial charge in [-0.3, -0.25) is 4.57 Å². The zero-order valence-corrected chi connectivity index (χ0v) is 10.1. The summed E-state index contributed by atoms with van der Waals surface area (Å²) in [5.74, 6) is -1.85. The molecule has 4 nitrogen and oxygen atoms in total. The van der Waals surface area contributed by atoms with E-state index >= 15 is 0 Å². The number of nitrogens with zero attached hydrogens (tertiary/aromatic N) is 3. The minimum atomic E-state index is -0.975. The Kier molecular flexibility index (Phi) is 2.45. The molecule has 96 valence electrons. The monoisotopic (exact) mass is 260 g/mol. The highest BCUT2D eigenvalue weighted by molar-refractivity contribution is 5.77. The number of hydrogen-bond acceptors (Lipinski definition) is 3. The fourth-order valence-electron chi connectivity index (χ4n) is 1.97. The van der Waals surface area contributed by atoms with Crippen LogP contribution in [0.5, 0.6) is 0 Å². The van der Waals surface area contributed by atoms with Crippen molar-refractivity contribution in [1.82, 2.24) is 14.5 Å². The lowest BCUT2D eigenvalue weighted by Gasteiger charge is -2.07. The summed E-state index contributed by atoms with van der Waals surface area (Å²) < 4.78 is 28.5. The van der Waals surface area contributed by atoms with Gasteiger partial charge in [0.1, 0.15) is 5.52 Å². The molecule has 0 amide bonds. The molecule has 0 spiro atoms. The second-order valence-electron chi connectivity index (χ2n) is 4.17. The first kappa shape index (κ1) is 11.6. The molecule has 2 aromatic heterocycles. The SMILES string of the molecule is Cc1ccc2nc(N)n(-c3cccc(F)c3F)c2n1.